The number of carbonyl (C=O) groups is 1. The van der Waals surface area contributed by atoms with Crippen LogP contribution in [0, 0.1) is 16.7 Å². The van der Waals surface area contributed by atoms with Crippen molar-refractivity contribution in [3.8, 4) is 0 Å². The number of fused-ring (bicyclic) bond motifs is 1. The Kier molecular flexibility index (Phi) is 2.56. The number of hydrogen-bond acceptors (Lipinski definition) is 2. The fourth-order valence-electron chi connectivity index (χ4n) is 3.62. The molecule has 2 saturated carbocycles. The Hall–Kier alpha value is -0.530. The first kappa shape index (κ1) is 11.0. The van der Waals surface area contributed by atoms with Gasteiger partial charge in [-0.25, -0.2) is 0 Å². The number of rotatable bonds is 3. The van der Waals surface area contributed by atoms with Gasteiger partial charge in [0, 0.05) is 6.42 Å². The van der Waals surface area contributed by atoms with Gasteiger partial charge < -0.3 is 4.74 Å². The third-order valence-electron chi connectivity index (χ3n) is 4.92. The Morgan fingerprint density at radius 3 is 2.20 bits per heavy atom. The fourth-order valence-corrected chi connectivity index (χ4v) is 3.62. The quantitative estimate of drug-likeness (QED) is 0.669. The van der Waals surface area contributed by atoms with Gasteiger partial charge in [-0.1, -0.05) is 13.8 Å². The van der Waals surface area contributed by atoms with Crippen LogP contribution in [0.1, 0.15) is 52.9 Å². The highest BCUT2D eigenvalue weighted by atomic mass is 16.5. The molecule has 2 fully saturated rings. The van der Waals surface area contributed by atoms with Crippen LogP contribution in [0.5, 0.6) is 0 Å². The molecule has 3 atom stereocenters. The van der Waals surface area contributed by atoms with Gasteiger partial charge in [-0.2, -0.15) is 0 Å². The first-order chi connectivity index (χ1) is 6.99. The van der Waals surface area contributed by atoms with E-state index in [0.29, 0.717) is 29.8 Å². The second kappa shape index (κ2) is 3.50. The zero-order chi connectivity index (χ0) is 11.1. The third-order valence-corrected chi connectivity index (χ3v) is 4.92. The van der Waals surface area contributed by atoms with Gasteiger partial charge in [-0.3, -0.25) is 4.79 Å². The molecular weight excluding hydrogens is 188 g/mol. The average Bonchev–Trinajstić information content (AvgIpc) is 2.29. The average molecular weight is 210 g/mol. The summed E-state index contributed by atoms with van der Waals surface area (Å²) in [4.78, 5) is 11.4. The van der Waals surface area contributed by atoms with E-state index in [-0.39, 0.29) is 5.97 Å². The summed E-state index contributed by atoms with van der Waals surface area (Å²) in [5, 5.41) is 0. The van der Waals surface area contributed by atoms with Crippen molar-refractivity contribution in [2.24, 2.45) is 16.7 Å². The Morgan fingerprint density at radius 1 is 1.27 bits per heavy atom. The summed E-state index contributed by atoms with van der Waals surface area (Å²) in [6.45, 7) is 7.17. The lowest BCUT2D eigenvalue weighted by Crippen LogP contribution is -2.42. The Morgan fingerprint density at radius 2 is 1.80 bits per heavy atom. The predicted octanol–water partition coefficient (Wildman–Crippen LogP) is 3.16. The van der Waals surface area contributed by atoms with Crippen LogP contribution in [-0.2, 0) is 9.53 Å². The normalized spacial score (nSPS) is 43.3. The highest BCUT2D eigenvalue weighted by Gasteiger charge is 2.58. The van der Waals surface area contributed by atoms with Crippen LogP contribution < -0.4 is 0 Å². The molecule has 2 rings (SSSR count). The summed E-state index contributed by atoms with van der Waals surface area (Å²) in [6, 6.07) is 0. The van der Waals surface area contributed by atoms with Crippen molar-refractivity contribution >= 4 is 5.97 Å². The SMILES string of the molecule is CCOC(=O)CC1C[C@]2(C)CC[C@]2(C)C1. The summed E-state index contributed by atoms with van der Waals surface area (Å²) in [7, 11) is 0. The van der Waals surface area contributed by atoms with E-state index >= 15 is 0 Å². The molecule has 0 amide bonds. The molecule has 0 N–H and O–H groups in total. The van der Waals surface area contributed by atoms with Crippen molar-refractivity contribution in [1.82, 2.24) is 0 Å². The Balaban J connectivity index is 1.90. The maximum atomic E-state index is 11.4. The van der Waals surface area contributed by atoms with Crippen molar-refractivity contribution in [2.45, 2.75) is 52.9 Å². The van der Waals surface area contributed by atoms with Gasteiger partial charge in [0.2, 0.25) is 0 Å². The second-order valence-electron chi connectivity index (χ2n) is 5.90. The van der Waals surface area contributed by atoms with Gasteiger partial charge >= 0.3 is 5.97 Å². The van der Waals surface area contributed by atoms with Gasteiger partial charge in [0.25, 0.3) is 0 Å². The molecule has 86 valence electrons. The fraction of sp³-hybridized carbons (Fsp3) is 0.923. The summed E-state index contributed by atoms with van der Waals surface area (Å²) in [5.41, 5.74) is 1.04. The van der Waals surface area contributed by atoms with Crippen molar-refractivity contribution < 1.29 is 9.53 Å². The van der Waals surface area contributed by atoms with Gasteiger partial charge in [-0.05, 0) is 49.4 Å². The lowest BCUT2D eigenvalue weighted by atomic mass is 9.53. The molecular formula is C13H22O2. The molecule has 0 aromatic carbocycles. The van der Waals surface area contributed by atoms with Crippen LogP contribution in [0.15, 0.2) is 0 Å². The number of ether oxygens (including phenoxy) is 1. The smallest absolute Gasteiger partial charge is 0.306 e. The van der Waals surface area contributed by atoms with Crippen molar-refractivity contribution in [2.75, 3.05) is 6.61 Å². The molecule has 15 heavy (non-hydrogen) atoms. The zero-order valence-corrected chi connectivity index (χ0v) is 10.1. The zero-order valence-electron chi connectivity index (χ0n) is 10.1. The van der Waals surface area contributed by atoms with E-state index < -0.39 is 0 Å². The second-order valence-corrected chi connectivity index (χ2v) is 5.90. The lowest BCUT2D eigenvalue weighted by Gasteiger charge is -2.52. The van der Waals surface area contributed by atoms with Crippen LogP contribution in [-0.4, -0.2) is 12.6 Å². The van der Waals surface area contributed by atoms with Crippen LogP contribution >= 0.6 is 0 Å². The van der Waals surface area contributed by atoms with E-state index in [2.05, 4.69) is 13.8 Å². The minimum Gasteiger partial charge on any atom is -0.466 e. The van der Waals surface area contributed by atoms with E-state index in [1.54, 1.807) is 0 Å². The van der Waals surface area contributed by atoms with Gasteiger partial charge in [-0.15, -0.1) is 0 Å². The predicted molar refractivity (Wildman–Crippen MR) is 59.4 cm³/mol. The standard InChI is InChI=1S/C13H22O2/c1-4-15-11(14)7-10-8-12(2)5-6-13(12,3)9-10/h10H,4-9H2,1-3H3/t10?,12-,13+. The van der Waals surface area contributed by atoms with E-state index in [0.717, 1.165) is 0 Å². The maximum absolute atomic E-state index is 11.4. The molecule has 0 saturated heterocycles. The molecule has 0 bridgehead atoms. The van der Waals surface area contributed by atoms with Crippen LogP contribution in [0.4, 0.5) is 0 Å². The van der Waals surface area contributed by atoms with E-state index in [1.807, 2.05) is 6.92 Å². The minimum atomic E-state index is -0.00370. The largest absolute Gasteiger partial charge is 0.466 e. The van der Waals surface area contributed by atoms with Crippen LogP contribution in [0.2, 0.25) is 0 Å². The number of hydrogen-bond donors (Lipinski definition) is 0. The molecule has 2 aliphatic rings. The highest BCUT2D eigenvalue weighted by molar-refractivity contribution is 5.69. The highest BCUT2D eigenvalue weighted by Crippen LogP contribution is 2.68. The van der Waals surface area contributed by atoms with Gasteiger partial charge in [0.1, 0.15) is 0 Å². The minimum absolute atomic E-state index is 0.00370. The summed E-state index contributed by atoms with van der Waals surface area (Å²) in [5.74, 6) is 0.567. The van der Waals surface area contributed by atoms with E-state index in [1.165, 1.54) is 25.7 Å². The number of esters is 1. The molecule has 0 aliphatic heterocycles. The van der Waals surface area contributed by atoms with Crippen molar-refractivity contribution in [3.63, 3.8) is 0 Å². The van der Waals surface area contributed by atoms with Gasteiger partial charge in [0.15, 0.2) is 0 Å². The molecule has 0 aromatic heterocycles. The Bertz CT molecular complexity index is 256. The molecule has 0 heterocycles. The van der Waals surface area contributed by atoms with Gasteiger partial charge in [0.05, 0.1) is 6.61 Å². The molecule has 1 unspecified atom stereocenters. The summed E-state index contributed by atoms with van der Waals surface area (Å²) >= 11 is 0. The van der Waals surface area contributed by atoms with Crippen molar-refractivity contribution in [3.05, 3.63) is 0 Å². The van der Waals surface area contributed by atoms with Crippen LogP contribution in [0.25, 0.3) is 0 Å². The topological polar surface area (TPSA) is 26.3 Å². The lowest BCUT2D eigenvalue weighted by molar-refractivity contribution is -0.144. The molecule has 2 heteroatoms. The molecule has 2 aliphatic carbocycles. The molecule has 2 nitrogen and oxygen atoms in total. The van der Waals surface area contributed by atoms with Crippen LogP contribution in [0.3, 0.4) is 0 Å². The van der Waals surface area contributed by atoms with E-state index in [4.69, 9.17) is 4.74 Å². The Labute approximate surface area is 92.4 Å². The molecule has 0 aromatic rings. The summed E-state index contributed by atoms with van der Waals surface area (Å²) < 4.78 is 5.02. The first-order valence-corrected chi connectivity index (χ1v) is 6.15. The monoisotopic (exact) mass is 210 g/mol. The van der Waals surface area contributed by atoms with E-state index in [9.17, 15) is 4.79 Å². The third kappa shape index (κ3) is 1.68. The van der Waals surface area contributed by atoms with Crippen molar-refractivity contribution in [1.29, 1.82) is 0 Å². The molecule has 0 spiro atoms. The molecule has 0 radical (unpaired) electrons. The first-order valence-electron chi connectivity index (χ1n) is 6.15. The maximum Gasteiger partial charge on any atom is 0.306 e. The number of carbonyl (C=O) groups excluding carboxylic acids is 1. The summed E-state index contributed by atoms with van der Waals surface area (Å²) in [6.07, 6.45) is 5.79.